The average Bonchev–Trinajstić information content (AvgIpc) is 2.32. The van der Waals surface area contributed by atoms with Gasteiger partial charge in [-0.15, -0.1) is 24.0 Å². The topological polar surface area (TPSA) is 96.6 Å². The molecule has 126 valence electrons. The third-order valence-electron chi connectivity index (χ3n) is 2.84. The fraction of sp³-hybridized carbons (Fsp3) is 0.500. The number of hydrogen-bond acceptors (Lipinski definition) is 3. The van der Waals surface area contributed by atoms with Gasteiger partial charge in [-0.1, -0.05) is 6.07 Å². The number of nitrogens with one attached hydrogen (secondary N) is 2. The Hall–Kier alpha value is -0.870. The standard InChI is InChI=1S/C14H24N4O2S.HI/c1-10(2)18-21(19,20)8-7-16-14(15)17-13-6-5-11(3)12(4)9-13;/h5-6,9-10,18H,7-8H2,1-4H3,(H3,15,16,17);1H. The Morgan fingerprint density at radius 1 is 1.27 bits per heavy atom. The Bertz CT molecular complexity index is 615. The van der Waals surface area contributed by atoms with Gasteiger partial charge < -0.3 is 11.1 Å². The van der Waals surface area contributed by atoms with Crippen molar-refractivity contribution >= 4 is 45.6 Å². The number of sulfonamides is 1. The van der Waals surface area contributed by atoms with Gasteiger partial charge in [-0.2, -0.15) is 0 Å². The van der Waals surface area contributed by atoms with E-state index in [2.05, 4.69) is 15.0 Å². The molecule has 0 atom stereocenters. The molecule has 0 saturated carbocycles. The maximum absolute atomic E-state index is 11.6. The minimum atomic E-state index is -3.30. The van der Waals surface area contributed by atoms with E-state index in [4.69, 9.17) is 5.73 Å². The summed E-state index contributed by atoms with van der Waals surface area (Å²) in [5, 5.41) is 2.95. The summed E-state index contributed by atoms with van der Waals surface area (Å²) in [6, 6.07) is 5.74. The van der Waals surface area contributed by atoms with Crippen molar-refractivity contribution in [1.82, 2.24) is 4.72 Å². The number of guanidine groups is 1. The van der Waals surface area contributed by atoms with Crippen LogP contribution in [0.15, 0.2) is 23.2 Å². The maximum Gasteiger partial charge on any atom is 0.213 e. The molecule has 8 heteroatoms. The molecular formula is C14H25IN4O2S. The van der Waals surface area contributed by atoms with Gasteiger partial charge in [0, 0.05) is 11.7 Å². The van der Waals surface area contributed by atoms with Gasteiger partial charge in [-0.3, -0.25) is 4.99 Å². The molecule has 1 rings (SSSR count). The molecule has 4 N–H and O–H groups in total. The van der Waals surface area contributed by atoms with E-state index in [-0.39, 0.29) is 48.3 Å². The van der Waals surface area contributed by atoms with Crippen LogP contribution < -0.4 is 15.8 Å². The van der Waals surface area contributed by atoms with Crippen molar-refractivity contribution in [3.05, 3.63) is 29.3 Å². The minimum Gasteiger partial charge on any atom is -0.370 e. The summed E-state index contributed by atoms with van der Waals surface area (Å²) >= 11 is 0. The zero-order chi connectivity index (χ0) is 16.0. The smallest absolute Gasteiger partial charge is 0.213 e. The number of rotatable bonds is 6. The van der Waals surface area contributed by atoms with E-state index in [1.165, 1.54) is 5.56 Å². The molecule has 6 nitrogen and oxygen atoms in total. The molecule has 0 spiro atoms. The molecule has 0 unspecified atom stereocenters. The second-order valence-corrected chi connectivity index (χ2v) is 7.16. The molecular weight excluding hydrogens is 415 g/mol. The zero-order valence-electron chi connectivity index (χ0n) is 13.4. The van der Waals surface area contributed by atoms with Crippen LogP contribution in [0.5, 0.6) is 0 Å². The minimum absolute atomic E-state index is 0. The first-order chi connectivity index (χ1) is 9.69. The average molecular weight is 440 g/mol. The highest BCUT2D eigenvalue weighted by Crippen LogP contribution is 2.13. The largest absolute Gasteiger partial charge is 0.370 e. The molecule has 0 aliphatic rings. The first kappa shape index (κ1) is 21.1. The van der Waals surface area contributed by atoms with E-state index in [0.29, 0.717) is 0 Å². The predicted octanol–water partition coefficient (Wildman–Crippen LogP) is 1.98. The van der Waals surface area contributed by atoms with Gasteiger partial charge in [0.2, 0.25) is 10.0 Å². The Morgan fingerprint density at radius 3 is 2.45 bits per heavy atom. The van der Waals surface area contributed by atoms with Crippen LogP contribution in [-0.4, -0.2) is 32.7 Å². The predicted molar refractivity (Wildman–Crippen MR) is 104 cm³/mol. The summed E-state index contributed by atoms with van der Waals surface area (Å²) in [5.41, 5.74) is 8.93. The molecule has 0 heterocycles. The summed E-state index contributed by atoms with van der Waals surface area (Å²) in [7, 11) is -3.30. The number of nitrogens with zero attached hydrogens (tertiary/aromatic N) is 1. The quantitative estimate of drug-likeness (QED) is 0.358. The van der Waals surface area contributed by atoms with Crippen molar-refractivity contribution in [3.63, 3.8) is 0 Å². The molecule has 0 aliphatic heterocycles. The molecule has 0 radical (unpaired) electrons. The summed E-state index contributed by atoms with van der Waals surface area (Å²) in [6.07, 6.45) is 0. The number of benzene rings is 1. The van der Waals surface area contributed by atoms with Crippen LogP contribution in [0, 0.1) is 13.8 Å². The number of anilines is 1. The lowest BCUT2D eigenvalue weighted by Gasteiger charge is -2.09. The van der Waals surface area contributed by atoms with Crippen LogP contribution in [0.3, 0.4) is 0 Å². The normalized spacial score (nSPS) is 12.1. The van der Waals surface area contributed by atoms with Crippen molar-refractivity contribution in [3.8, 4) is 0 Å². The first-order valence-corrected chi connectivity index (χ1v) is 8.49. The molecule has 0 aliphatic carbocycles. The highest BCUT2D eigenvalue weighted by Gasteiger charge is 2.10. The molecule has 0 aromatic heterocycles. The highest BCUT2D eigenvalue weighted by atomic mass is 127. The lowest BCUT2D eigenvalue weighted by Crippen LogP contribution is -2.33. The van der Waals surface area contributed by atoms with Crippen molar-refractivity contribution in [2.24, 2.45) is 10.7 Å². The van der Waals surface area contributed by atoms with Crippen LogP contribution in [0.2, 0.25) is 0 Å². The van der Waals surface area contributed by atoms with Crippen LogP contribution in [-0.2, 0) is 10.0 Å². The summed E-state index contributed by atoms with van der Waals surface area (Å²) in [6.45, 7) is 7.71. The number of halogens is 1. The fourth-order valence-electron chi connectivity index (χ4n) is 1.71. The van der Waals surface area contributed by atoms with Crippen LogP contribution in [0.4, 0.5) is 5.69 Å². The summed E-state index contributed by atoms with van der Waals surface area (Å²) in [4.78, 5) is 4.03. The van der Waals surface area contributed by atoms with Crippen LogP contribution in [0.1, 0.15) is 25.0 Å². The van der Waals surface area contributed by atoms with Gasteiger partial charge in [-0.25, -0.2) is 13.1 Å². The lowest BCUT2D eigenvalue weighted by atomic mass is 10.1. The van der Waals surface area contributed by atoms with Gasteiger partial charge in [0.25, 0.3) is 0 Å². The van der Waals surface area contributed by atoms with E-state index in [9.17, 15) is 8.42 Å². The Balaban J connectivity index is 0.00000441. The van der Waals surface area contributed by atoms with Gasteiger partial charge in [-0.05, 0) is 51.0 Å². The van der Waals surface area contributed by atoms with Gasteiger partial charge in [0.1, 0.15) is 0 Å². The van der Waals surface area contributed by atoms with Crippen LogP contribution >= 0.6 is 24.0 Å². The third-order valence-corrected chi connectivity index (χ3v) is 4.39. The lowest BCUT2D eigenvalue weighted by molar-refractivity contribution is 0.570. The van der Waals surface area contributed by atoms with E-state index in [1.807, 2.05) is 32.0 Å². The maximum atomic E-state index is 11.6. The molecule has 22 heavy (non-hydrogen) atoms. The monoisotopic (exact) mass is 440 g/mol. The second kappa shape index (κ2) is 9.31. The number of aryl methyl sites for hydroxylation is 2. The Kier molecular flexibility index (Phi) is 8.94. The summed E-state index contributed by atoms with van der Waals surface area (Å²) in [5.74, 6) is 0.124. The molecule has 0 amide bonds. The SMILES string of the molecule is Cc1ccc(NC(N)=NCCS(=O)(=O)NC(C)C)cc1C.I. The Morgan fingerprint density at radius 2 is 1.91 bits per heavy atom. The number of hydrogen-bond donors (Lipinski definition) is 3. The highest BCUT2D eigenvalue weighted by molar-refractivity contribution is 14.0. The van der Waals surface area contributed by atoms with E-state index >= 15 is 0 Å². The first-order valence-electron chi connectivity index (χ1n) is 6.84. The van der Waals surface area contributed by atoms with Gasteiger partial charge in [0.15, 0.2) is 5.96 Å². The van der Waals surface area contributed by atoms with Crippen LogP contribution in [0.25, 0.3) is 0 Å². The van der Waals surface area contributed by atoms with Crippen molar-refractivity contribution in [2.45, 2.75) is 33.7 Å². The molecule has 0 fully saturated rings. The number of nitrogens with two attached hydrogens (primary N) is 1. The van der Waals surface area contributed by atoms with E-state index in [0.717, 1.165) is 11.3 Å². The fourth-order valence-corrected chi connectivity index (χ4v) is 2.88. The van der Waals surface area contributed by atoms with Gasteiger partial charge >= 0.3 is 0 Å². The third kappa shape index (κ3) is 7.95. The van der Waals surface area contributed by atoms with E-state index < -0.39 is 10.0 Å². The van der Waals surface area contributed by atoms with Crippen molar-refractivity contribution < 1.29 is 8.42 Å². The Labute approximate surface area is 150 Å². The van der Waals surface area contributed by atoms with E-state index in [1.54, 1.807) is 13.8 Å². The van der Waals surface area contributed by atoms with Crippen molar-refractivity contribution in [1.29, 1.82) is 0 Å². The second-order valence-electron chi connectivity index (χ2n) is 5.28. The molecule has 1 aromatic rings. The number of aliphatic imine (C=N–C) groups is 1. The molecule has 0 saturated heterocycles. The summed E-state index contributed by atoms with van der Waals surface area (Å²) < 4.78 is 25.7. The van der Waals surface area contributed by atoms with Gasteiger partial charge in [0.05, 0.1) is 12.3 Å². The molecule has 0 bridgehead atoms. The van der Waals surface area contributed by atoms with Crippen molar-refractivity contribution in [2.75, 3.05) is 17.6 Å². The zero-order valence-corrected chi connectivity index (χ0v) is 16.5. The molecule has 1 aromatic carbocycles.